The first-order valence-electron chi connectivity index (χ1n) is 6.00. The van der Waals surface area contributed by atoms with Crippen LogP contribution < -0.4 is 11.1 Å². The number of nitrogens with one attached hydrogen (secondary N) is 1. The highest BCUT2D eigenvalue weighted by Crippen LogP contribution is 2.36. The van der Waals surface area contributed by atoms with Crippen LogP contribution in [0.25, 0.3) is 0 Å². The van der Waals surface area contributed by atoms with Crippen molar-refractivity contribution in [2.24, 2.45) is 11.1 Å². The Hall–Kier alpha value is -1.15. The third-order valence-electron chi connectivity index (χ3n) is 3.28. The zero-order chi connectivity index (χ0) is 16.4. The Morgan fingerprint density at radius 3 is 2.43 bits per heavy atom. The smallest absolute Gasteiger partial charge is 0.392 e. The molecule has 3 N–H and O–H groups in total. The van der Waals surface area contributed by atoms with Crippen LogP contribution in [0.15, 0.2) is 22.7 Å². The third-order valence-corrected chi connectivity index (χ3v) is 4.42. The van der Waals surface area contributed by atoms with Crippen molar-refractivity contribution in [3.05, 3.63) is 28.2 Å². The number of hydrogen-bond donors (Lipinski definition) is 2. The molecule has 0 aromatic heterocycles. The van der Waals surface area contributed by atoms with E-state index in [1.165, 1.54) is 12.1 Å². The molecule has 21 heavy (non-hydrogen) atoms. The molecule has 0 saturated carbocycles. The summed E-state index contributed by atoms with van der Waals surface area (Å²) in [4.78, 5) is 12.2. The van der Waals surface area contributed by atoms with Crippen molar-refractivity contribution in [2.45, 2.75) is 26.4 Å². The second-order valence-electron chi connectivity index (χ2n) is 4.70. The lowest BCUT2D eigenvalue weighted by atomic mass is 9.86. The van der Waals surface area contributed by atoms with Crippen LogP contribution >= 0.6 is 28.1 Å². The van der Waals surface area contributed by atoms with Gasteiger partial charge in [0.1, 0.15) is 0 Å². The van der Waals surface area contributed by atoms with Crippen LogP contribution in [-0.4, -0.2) is 10.9 Å². The topological polar surface area (TPSA) is 55.1 Å². The lowest BCUT2D eigenvalue weighted by Gasteiger charge is -2.25. The van der Waals surface area contributed by atoms with Crippen molar-refractivity contribution in [3.8, 4) is 0 Å². The van der Waals surface area contributed by atoms with Crippen LogP contribution in [0.1, 0.15) is 25.8 Å². The molecule has 8 heteroatoms. The summed E-state index contributed by atoms with van der Waals surface area (Å²) in [5.41, 5.74) is 3.60. The van der Waals surface area contributed by atoms with Crippen LogP contribution in [0.2, 0.25) is 0 Å². The highest BCUT2D eigenvalue weighted by molar-refractivity contribution is 9.10. The average molecular weight is 383 g/mol. The van der Waals surface area contributed by atoms with Crippen LogP contribution in [-0.2, 0) is 11.0 Å². The zero-order valence-electron chi connectivity index (χ0n) is 11.3. The van der Waals surface area contributed by atoms with Crippen molar-refractivity contribution >= 4 is 44.7 Å². The summed E-state index contributed by atoms with van der Waals surface area (Å²) in [6.45, 7) is 3.27. The number of halogens is 4. The number of hydrogen-bond acceptors (Lipinski definition) is 2. The summed E-state index contributed by atoms with van der Waals surface area (Å²) < 4.78 is 38.3. The zero-order valence-corrected chi connectivity index (χ0v) is 13.7. The van der Waals surface area contributed by atoms with E-state index < -0.39 is 23.1 Å². The van der Waals surface area contributed by atoms with Gasteiger partial charge in [-0.05, 0) is 31.5 Å². The fourth-order valence-corrected chi connectivity index (χ4v) is 2.24. The molecular formula is C13H14BrF3N2OS. The second-order valence-corrected chi connectivity index (χ2v) is 5.99. The van der Waals surface area contributed by atoms with Gasteiger partial charge in [0.25, 0.3) is 0 Å². The van der Waals surface area contributed by atoms with E-state index in [1.807, 2.05) is 0 Å². The van der Waals surface area contributed by atoms with Gasteiger partial charge >= 0.3 is 6.18 Å². The Bertz CT molecular complexity index is 577. The van der Waals surface area contributed by atoms with Crippen molar-refractivity contribution in [1.29, 1.82) is 0 Å². The molecule has 0 saturated heterocycles. The summed E-state index contributed by atoms with van der Waals surface area (Å²) in [5.74, 6) is -0.534. The number of rotatable bonds is 4. The first-order chi connectivity index (χ1) is 9.52. The Morgan fingerprint density at radius 1 is 1.43 bits per heavy atom. The molecule has 3 nitrogen and oxygen atoms in total. The normalized spacial score (nSPS) is 14.4. The van der Waals surface area contributed by atoms with Crippen molar-refractivity contribution < 1.29 is 18.0 Å². The number of carbonyl (C=O) groups is 1. The molecule has 1 atom stereocenters. The molecule has 0 spiro atoms. The molecule has 0 aliphatic carbocycles. The second kappa shape index (κ2) is 6.31. The molecule has 1 amide bonds. The maximum Gasteiger partial charge on any atom is 0.417 e. The van der Waals surface area contributed by atoms with E-state index in [2.05, 4.69) is 21.2 Å². The Morgan fingerprint density at radius 2 is 2.00 bits per heavy atom. The minimum absolute atomic E-state index is 0.00402. The molecule has 1 rings (SSSR count). The minimum atomic E-state index is -4.52. The van der Waals surface area contributed by atoms with E-state index in [0.29, 0.717) is 6.42 Å². The highest BCUT2D eigenvalue weighted by Gasteiger charge is 2.36. The van der Waals surface area contributed by atoms with Crippen molar-refractivity contribution in [3.63, 3.8) is 0 Å². The van der Waals surface area contributed by atoms with E-state index in [-0.39, 0.29) is 15.1 Å². The quantitative estimate of drug-likeness (QED) is 0.770. The van der Waals surface area contributed by atoms with E-state index >= 15 is 0 Å². The van der Waals surface area contributed by atoms with Gasteiger partial charge in [0.2, 0.25) is 5.91 Å². The lowest BCUT2D eigenvalue weighted by Crippen LogP contribution is -2.43. The Balaban J connectivity index is 3.10. The minimum Gasteiger partial charge on any atom is -0.392 e. The molecular weight excluding hydrogens is 369 g/mol. The molecule has 0 bridgehead atoms. The summed E-state index contributed by atoms with van der Waals surface area (Å²) >= 11 is 7.69. The summed E-state index contributed by atoms with van der Waals surface area (Å²) in [5, 5.41) is 2.43. The molecule has 0 aliphatic rings. The highest BCUT2D eigenvalue weighted by atomic mass is 79.9. The van der Waals surface area contributed by atoms with Gasteiger partial charge in [0.15, 0.2) is 0 Å². The predicted molar refractivity (Wildman–Crippen MR) is 83.0 cm³/mol. The number of thiocarbonyl (C=S) groups is 1. The van der Waals surface area contributed by atoms with Gasteiger partial charge in [-0.2, -0.15) is 13.2 Å². The number of anilines is 1. The molecule has 1 aromatic rings. The van der Waals surface area contributed by atoms with Crippen LogP contribution in [0, 0.1) is 5.41 Å². The Labute approximate surface area is 134 Å². The first-order valence-corrected chi connectivity index (χ1v) is 7.20. The van der Waals surface area contributed by atoms with E-state index in [1.54, 1.807) is 13.8 Å². The maximum atomic E-state index is 12.8. The fraction of sp³-hybridized carbons (Fsp3) is 0.385. The van der Waals surface area contributed by atoms with E-state index in [4.69, 9.17) is 18.0 Å². The largest absolute Gasteiger partial charge is 0.417 e. The van der Waals surface area contributed by atoms with Crippen LogP contribution in [0.5, 0.6) is 0 Å². The number of carbonyl (C=O) groups excluding carboxylic acids is 1. The van der Waals surface area contributed by atoms with Crippen molar-refractivity contribution in [1.82, 2.24) is 0 Å². The van der Waals surface area contributed by atoms with Crippen LogP contribution in [0.3, 0.4) is 0 Å². The molecule has 0 aliphatic heterocycles. The predicted octanol–water partition coefficient (Wildman–Crippen LogP) is 4.11. The maximum absolute atomic E-state index is 12.8. The molecule has 1 unspecified atom stereocenters. The molecule has 0 fully saturated rings. The molecule has 0 heterocycles. The number of nitrogens with two attached hydrogens (primary N) is 1. The summed E-state index contributed by atoms with van der Waals surface area (Å²) in [6, 6.07) is 3.45. The fourth-order valence-electron chi connectivity index (χ4n) is 1.54. The van der Waals surface area contributed by atoms with Gasteiger partial charge in [0, 0.05) is 10.2 Å². The lowest BCUT2D eigenvalue weighted by molar-refractivity contribution is -0.138. The van der Waals surface area contributed by atoms with Gasteiger partial charge in [-0.1, -0.05) is 35.1 Å². The Kier molecular flexibility index (Phi) is 5.38. The molecule has 0 radical (unpaired) electrons. The van der Waals surface area contributed by atoms with Crippen LogP contribution in [0.4, 0.5) is 18.9 Å². The monoisotopic (exact) mass is 382 g/mol. The molecule has 116 valence electrons. The van der Waals surface area contributed by atoms with Gasteiger partial charge in [-0.15, -0.1) is 0 Å². The summed E-state index contributed by atoms with van der Waals surface area (Å²) in [7, 11) is 0. The van der Waals surface area contributed by atoms with Gasteiger partial charge < -0.3 is 11.1 Å². The standard InChI is InChI=1S/C13H14BrF3N2OS/c1-3-12(2,10(18)21)11(20)19-7-4-5-9(14)8(6-7)13(15,16)17/h4-6H,3H2,1-2H3,(H2,18,21)(H,19,20). The van der Waals surface area contributed by atoms with Gasteiger partial charge in [-0.25, -0.2) is 0 Å². The first kappa shape index (κ1) is 17.9. The number of alkyl halides is 3. The summed E-state index contributed by atoms with van der Waals surface area (Å²) in [6.07, 6.45) is -4.17. The number of benzene rings is 1. The van der Waals surface area contributed by atoms with E-state index in [9.17, 15) is 18.0 Å². The number of amides is 1. The van der Waals surface area contributed by atoms with Gasteiger partial charge in [0.05, 0.1) is 16.0 Å². The van der Waals surface area contributed by atoms with E-state index in [0.717, 1.165) is 6.07 Å². The third kappa shape index (κ3) is 3.94. The molecule has 1 aromatic carbocycles. The average Bonchev–Trinajstić information content (AvgIpc) is 2.38. The van der Waals surface area contributed by atoms with Crippen molar-refractivity contribution in [2.75, 3.05) is 5.32 Å². The SMILES string of the molecule is CCC(C)(C(=O)Nc1ccc(Br)c(C(F)(F)F)c1)C(N)=S. The van der Waals surface area contributed by atoms with Gasteiger partial charge in [-0.3, -0.25) is 4.79 Å².